The second-order valence-electron chi connectivity index (χ2n) is 4.79. The highest BCUT2D eigenvalue weighted by molar-refractivity contribution is 7.18. The van der Waals surface area contributed by atoms with Crippen molar-refractivity contribution >= 4 is 27.5 Å². The van der Waals surface area contributed by atoms with Gasteiger partial charge in [-0.2, -0.15) is 0 Å². The minimum Gasteiger partial charge on any atom is -0.481 e. The van der Waals surface area contributed by atoms with Gasteiger partial charge in [-0.15, -0.1) is 11.3 Å². The molecule has 102 valence electrons. The molecule has 1 N–H and O–H groups in total. The summed E-state index contributed by atoms with van der Waals surface area (Å²) in [6.45, 7) is 7.17. The summed E-state index contributed by atoms with van der Waals surface area (Å²) in [4.78, 5) is 29.5. The van der Waals surface area contributed by atoms with Crippen molar-refractivity contribution < 1.29 is 9.90 Å². The number of hydrogen-bond donors (Lipinski definition) is 1. The number of aliphatic carboxylic acids is 1. The van der Waals surface area contributed by atoms with Crippen molar-refractivity contribution in [3.8, 4) is 0 Å². The summed E-state index contributed by atoms with van der Waals surface area (Å²) in [5, 5.41) is 9.65. The summed E-state index contributed by atoms with van der Waals surface area (Å²) < 4.78 is 1.42. The van der Waals surface area contributed by atoms with Gasteiger partial charge in [-0.05, 0) is 33.3 Å². The number of aromatic nitrogens is 2. The van der Waals surface area contributed by atoms with Crippen LogP contribution in [-0.4, -0.2) is 20.6 Å². The standard InChI is InChI=1S/C13H16N2O3S/c1-6(13(17)18)8(3)15-5-14-11-10(12(15)16)7(2)9(4)19-11/h5-6,8H,1-4H3,(H,17,18). The molecular formula is C13H16N2O3S. The topological polar surface area (TPSA) is 72.2 Å². The van der Waals surface area contributed by atoms with E-state index in [9.17, 15) is 9.59 Å². The van der Waals surface area contributed by atoms with E-state index in [4.69, 9.17) is 5.11 Å². The van der Waals surface area contributed by atoms with E-state index < -0.39 is 17.9 Å². The van der Waals surface area contributed by atoms with Gasteiger partial charge < -0.3 is 5.11 Å². The van der Waals surface area contributed by atoms with Gasteiger partial charge in [0.1, 0.15) is 4.83 Å². The number of thiophene rings is 1. The number of carboxylic acid groups (broad SMARTS) is 1. The first-order chi connectivity index (χ1) is 8.84. The van der Waals surface area contributed by atoms with Crippen LogP contribution in [0.1, 0.15) is 30.3 Å². The van der Waals surface area contributed by atoms with Gasteiger partial charge in [0, 0.05) is 10.9 Å². The molecule has 2 rings (SSSR count). The molecule has 0 radical (unpaired) electrons. The van der Waals surface area contributed by atoms with E-state index in [1.165, 1.54) is 22.2 Å². The van der Waals surface area contributed by atoms with Gasteiger partial charge >= 0.3 is 5.97 Å². The molecule has 2 atom stereocenters. The third-order valence-electron chi connectivity index (χ3n) is 3.67. The zero-order chi connectivity index (χ0) is 14.3. The summed E-state index contributed by atoms with van der Waals surface area (Å²) >= 11 is 1.49. The summed E-state index contributed by atoms with van der Waals surface area (Å²) in [6, 6.07) is -0.429. The molecule has 0 aromatic carbocycles. The zero-order valence-corrected chi connectivity index (χ0v) is 12.1. The van der Waals surface area contributed by atoms with Crippen LogP contribution >= 0.6 is 11.3 Å². The second kappa shape index (κ2) is 4.77. The van der Waals surface area contributed by atoms with Gasteiger partial charge in [-0.3, -0.25) is 14.2 Å². The predicted molar refractivity (Wildman–Crippen MR) is 74.9 cm³/mol. The van der Waals surface area contributed by atoms with Crippen LogP contribution in [0.2, 0.25) is 0 Å². The molecule has 19 heavy (non-hydrogen) atoms. The average Bonchev–Trinajstić information content (AvgIpc) is 2.64. The molecule has 0 aliphatic rings. The molecule has 0 aliphatic carbocycles. The number of carbonyl (C=O) groups is 1. The van der Waals surface area contributed by atoms with Crippen molar-refractivity contribution in [1.29, 1.82) is 0 Å². The van der Waals surface area contributed by atoms with Gasteiger partial charge in [0.05, 0.1) is 17.6 Å². The third kappa shape index (κ3) is 2.16. The largest absolute Gasteiger partial charge is 0.481 e. The SMILES string of the molecule is Cc1sc2ncn(C(C)C(C)C(=O)O)c(=O)c2c1C. The van der Waals surface area contributed by atoms with E-state index >= 15 is 0 Å². The van der Waals surface area contributed by atoms with Crippen molar-refractivity contribution in [2.24, 2.45) is 5.92 Å². The monoisotopic (exact) mass is 280 g/mol. The van der Waals surface area contributed by atoms with Crippen LogP contribution < -0.4 is 5.56 Å². The van der Waals surface area contributed by atoms with Gasteiger partial charge in [0.15, 0.2) is 0 Å². The molecule has 2 heterocycles. The lowest BCUT2D eigenvalue weighted by Gasteiger charge is -2.18. The van der Waals surface area contributed by atoms with Gasteiger partial charge in [-0.25, -0.2) is 4.98 Å². The number of aryl methyl sites for hydroxylation is 2. The average molecular weight is 280 g/mol. The Labute approximate surface area is 114 Å². The molecule has 0 saturated heterocycles. The van der Waals surface area contributed by atoms with Crippen molar-refractivity contribution in [3.63, 3.8) is 0 Å². The molecular weight excluding hydrogens is 264 g/mol. The molecule has 0 bridgehead atoms. The van der Waals surface area contributed by atoms with Crippen molar-refractivity contribution in [2.75, 3.05) is 0 Å². The van der Waals surface area contributed by atoms with Crippen LogP contribution in [0.4, 0.5) is 0 Å². The van der Waals surface area contributed by atoms with E-state index in [-0.39, 0.29) is 5.56 Å². The second-order valence-corrected chi connectivity index (χ2v) is 5.99. The minimum absolute atomic E-state index is 0.160. The van der Waals surface area contributed by atoms with E-state index in [0.717, 1.165) is 10.4 Å². The first-order valence-electron chi connectivity index (χ1n) is 6.04. The van der Waals surface area contributed by atoms with Gasteiger partial charge in [0.2, 0.25) is 0 Å². The van der Waals surface area contributed by atoms with Crippen molar-refractivity contribution in [3.05, 3.63) is 27.1 Å². The minimum atomic E-state index is -0.919. The summed E-state index contributed by atoms with van der Waals surface area (Å²) in [7, 11) is 0. The van der Waals surface area contributed by atoms with E-state index in [1.807, 2.05) is 13.8 Å². The summed E-state index contributed by atoms with van der Waals surface area (Å²) in [6.07, 6.45) is 1.45. The van der Waals surface area contributed by atoms with Crippen LogP contribution in [0.5, 0.6) is 0 Å². The van der Waals surface area contributed by atoms with Crippen LogP contribution in [0.3, 0.4) is 0 Å². The number of rotatable bonds is 3. The number of carboxylic acids is 1. The molecule has 0 amide bonds. The Hall–Kier alpha value is -1.69. The number of hydrogen-bond acceptors (Lipinski definition) is 4. The fourth-order valence-corrected chi connectivity index (χ4v) is 2.97. The molecule has 0 spiro atoms. The van der Waals surface area contributed by atoms with Gasteiger partial charge in [0.25, 0.3) is 5.56 Å². The van der Waals surface area contributed by atoms with E-state index in [1.54, 1.807) is 13.8 Å². The lowest BCUT2D eigenvalue weighted by atomic mass is 10.0. The van der Waals surface area contributed by atoms with Crippen molar-refractivity contribution in [1.82, 2.24) is 9.55 Å². The molecule has 5 nitrogen and oxygen atoms in total. The van der Waals surface area contributed by atoms with Crippen LogP contribution in [-0.2, 0) is 4.79 Å². The molecule has 2 aromatic heterocycles. The molecule has 2 unspecified atom stereocenters. The highest BCUT2D eigenvalue weighted by Crippen LogP contribution is 2.26. The maximum absolute atomic E-state index is 12.5. The Kier molecular flexibility index (Phi) is 3.45. The smallest absolute Gasteiger partial charge is 0.308 e. The quantitative estimate of drug-likeness (QED) is 0.936. The number of fused-ring (bicyclic) bond motifs is 1. The first kappa shape index (κ1) is 13.7. The number of nitrogens with zero attached hydrogens (tertiary/aromatic N) is 2. The molecule has 0 saturated carbocycles. The Morgan fingerprint density at radius 1 is 1.42 bits per heavy atom. The maximum Gasteiger partial charge on any atom is 0.308 e. The van der Waals surface area contributed by atoms with Crippen molar-refractivity contribution in [2.45, 2.75) is 33.7 Å². The molecule has 2 aromatic rings. The Balaban J connectivity index is 2.63. The zero-order valence-electron chi connectivity index (χ0n) is 11.3. The normalized spacial score (nSPS) is 14.5. The molecule has 0 fully saturated rings. The lowest BCUT2D eigenvalue weighted by Crippen LogP contribution is -2.30. The summed E-state index contributed by atoms with van der Waals surface area (Å²) in [5.41, 5.74) is 0.773. The van der Waals surface area contributed by atoms with Gasteiger partial charge in [-0.1, -0.05) is 0 Å². The summed E-state index contributed by atoms with van der Waals surface area (Å²) in [5.74, 6) is -1.56. The Morgan fingerprint density at radius 2 is 2.05 bits per heavy atom. The fraction of sp³-hybridized carbons (Fsp3) is 0.462. The Morgan fingerprint density at radius 3 is 2.63 bits per heavy atom. The van der Waals surface area contributed by atoms with E-state index in [2.05, 4.69) is 4.98 Å². The lowest BCUT2D eigenvalue weighted by molar-refractivity contribution is -0.142. The highest BCUT2D eigenvalue weighted by Gasteiger charge is 2.23. The maximum atomic E-state index is 12.5. The Bertz CT molecular complexity index is 702. The van der Waals surface area contributed by atoms with Crippen LogP contribution in [0.15, 0.2) is 11.1 Å². The van der Waals surface area contributed by atoms with Crippen LogP contribution in [0, 0.1) is 19.8 Å². The van der Waals surface area contributed by atoms with Crippen LogP contribution in [0.25, 0.3) is 10.2 Å². The molecule has 0 aliphatic heterocycles. The highest BCUT2D eigenvalue weighted by atomic mass is 32.1. The fourth-order valence-electron chi connectivity index (χ4n) is 1.99. The third-order valence-corrected chi connectivity index (χ3v) is 4.78. The predicted octanol–water partition coefficient (Wildman–Crippen LogP) is 2.36. The first-order valence-corrected chi connectivity index (χ1v) is 6.86. The van der Waals surface area contributed by atoms with E-state index in [0.29, 0.717) is 10.2 Å². The molecule has 6 heteroatoms.